The third kappa shape index (κ3) is 3.31. The van der Waals surface area contributed by atoms with Crippen molar-refractivity contribution in [2.24, 2.45) is 12.8 Å². The first-order valence-corrected chi connectivity index (χ1v) is 9.55. The standard InChI is InChI=1S/C22H22N6O2/c1-12-5-17(13(2)23)18-8-20(27(4)22(30)19(18)6-12)15-7-21(29)28(26-9-15)16-10-24-14(3)25-11-16/h5-11,13H,23H2,1-4H3/t13-/m1/s1. The molecule has 0 aliphatic rings. The number of hydrogen-bond acceptors (Lipinski definition) is 6. The van der Waals surface area contributed by atoms with Gasteiger partial charge in [0, 0.05) is 30.1 Å². The van der Waals surface area contributed by atoms with E-state index in [2.05, 4.69) is 15.1 Å². The van der Waals surface area contributed by atoms with Crippen molar-refractivity contribution in [1.29, 1.82) is 0 Å². The lowest BCUT2D eigenvalue weighted by atomic mass is 9.97. The number of fused-ring (bicyclic) bond motifs is 1. The molecular formula is C22H22N6O2. The Hall–Kier alpha value is -3.65. The van der Waals surface area contributed by atoms with Crippen LogP contribution in [-0.4, -0.2) is 24.3 Å². The molecule has 3 aromatic heterocycles. The minimum Gasteiger partial charge on any atom is -0.324 e. The van der Waals surface area contributed by atoms with Crippen molar-refractivity contribution in [1.82, 2.24) is 24.3 Å². The van der Waals surface area contributed by atoms with E-state index in [1.807, 2.05) is 32.0 Å². The van der Waals surface area contributed by atoms with Crippen LogP contribution in [0.4, 0.5) is 0 Å². The first kappa shape index (κ1) is 19.7. The molecule has 4 rings (SSSR count). The average molecular weight is 402 g/mol. The zero-order valence-electron chi connectivity index (χ0n) is 17.2. The van der Waals surface area contributed by atoms with Crippen LogP contribution in [0.15, 0.2) is 52.4 Å². The molecule has 4 aromatic rings. The summed E-state index contributed by atoms with van der Waals surface area (Å²) in [7, 11) is 1.68. The van der Waals surface area contributed by atoms with E-state index < -0.39 is 0 Å². The van der Waals surface area contributed by atoms with Gasteiger partial charge in [0.15, 0.2) is 0 Å². The van der Waals surface area contributed by atoms with E-state index in [1.54, 1.807) is 32.6 Å². The van der Waals surface area contributed by atoms with Gasteiger partial charge in [0.05, 0.1) is 24.3 Å². The first-order chi connectivity index (χ1) is 14.3. The van der Waals surface area contributed by atoms with E-state index in [1.165, 1.54) is 15.3 Å². The molecule has 0 aliphatic carbocycles. The number of nitrogens with two attached hydrogens (primary N) is 1. The lowest BCUT2D eigenvalue weighted by Crippen LogP contribution is -2.23. The average Bonchev–Trinajstić information content (AvgIpc) is 2.71. The van der Waals surface area contributed by atoms with Crippen LogP contribution in [0.3, 0.4) is 0 Å². The van der Waals surface area contributed by atoms with Crippen molar-refractivity contribution < 1.29 is 0 Å². The van der Waals surface area contributed by atoms with Gasteiger partial charge in [0.25, 0.3) is 11.1 Å². The number of benzene rings is 1. The van der Waals surface area contributed by atoms with Crippen LogP contribution in [0.5, 0.6) is 0 Å². The summed E-state index contributed by atoms with van der Waals surface area (Å²) < 4.78 is 2.75. The Bertz CT molecular complexity index is 1380. The van der Waals surface area contributed by atoms with Gasteiger partial charge in [0.1, 0.15) is 11.5 Å². The highest BCUT2D eigenvalue weighted by atomic mass is 16.1. The summed E-state index contributed by atoms with van der Waals surface area (Å²) >= 11 is 0. The summed E-state index contributed by atoms with van der Waals surface area (Å²) in [6.45, 7) is 5.59. The second-order valence-corrected chi connectivity index (χ2v) is 7.48. The fraction of sp³-hybridized carbons (Fsp3) is 0.227. The van der Waals surface area contributed by atoms with E-state index in [4.69, 9.17) is 5.73 Å². The van der Waals surface area contributed by atoms with Crippen molar-refractivity contribution >= 4 is 10.8 Å². The van der Waals surface area contributed by atoms with E-state index in [0.29, 0.717) is 28.2 Å². The Morgan fingerprint density at radius 1 is 0.967 bits per heavy atom. The van der Waals surface area contributed by atoms with Gasteiger partial charge >= 0.3 is 0 Å². The van der Waals surface area contributed by atoms with Gasteiger partial charge in [-0.05, 0) is 49.4 Å². The van der Waals surface area contributed by atoms with Crippen LogP contribution in [-0.2, 0) is 7.05 Å². The molecule has 0 fully saturated rings. The SMILES string of the molecule is Cc1cc([C@@H](C)N)c2cc(-c3cnn(-c4cnc(C)nc4)c(=O)c3)n(C)c(=O)c2c1. The van der Waals surface area contributed by atoms with E-state index >= 15 is 0 Å². The Kier molecular flexibility index (Phi) is 4.79. The number of aryl methyl sites for hydroxylation is 2. The number of pyridine rings is 1. The molecule has 8 nitrogen and oxygen atoms in total. The quantitative estimate of drug-likeness (QED) is 0.563. The third-order valence-electron chi connectivity index (χ3n) is 5.13. The van der Waals surface area contributed by atoms with Crippen LogP contribution in [0.2, 0.25) is 0 Å². The van der Waals surface area contributed by atoms with Crippen LogP contribution in [0, 0.1) is 13.8 Å². The molecule has 2 N–H and O–H groups in total. The molecule has 0 bridgehead atoms. The van der Waals surface area contributed by atoms with E-state index in [-0.39, 0.29) is 17.2 Å². The molecular weight excluding hydrogens is 380 g/mol. The summed E-state index contributed by atoms with van der Waals surface area (Å²) in [6.07, 6.45) is 4.64. The Balaban J connectivity index is 1.92. The lowest BCUT2D eigenvalue weighted by molar-refractivity contribution is 0.790. The van der Waals surface area contributed by atoms with Crippen molar-refractivity contribution in [3.63, 3.8) is 0 Å². The number of nitrogens with zero attached hydrogens (tertiary/aromatic N) is 5. The van der Waals surface area contributed by atoms with Gasteiger partial charge in [-0.25, -0.2) is 9.97 Å². The minimum atomic E-state index is -0.344. The number of hydrogen-bond donors (Lipinski definition) is 1. The highest BCUT2D eigenvalue weighted by molar-refractivity contribution is 5.89. The summed E-state index contributed by atoms with van der Waals surface area (Å²) in [4.78, 5) is 34.0. The number of aromatic nitrogens is 5. The van der Waals surface area contributed by atoms with Crippen LogP contribution < -0.4 is 16.9 Å². The number of rotatable bonds is 3. The Morgan fingerprint density at radius 3 is 2.30 bits per heavy atom. The normalized spacial score (nSPS) is 12.3. The molecule has 0 aliphatic heterocycles. The van der Waals surface area contributed by atoms with Gasteiger partial charge in [-0.1, -0.05) is 6.07 Å². The summed E-state index contributed by atoms with van der Waals surface area (Å²) in [5.74, 6) is 0.606. The summed E-state index contributed by atoms with van der Waals surface area (Å²) in [6, 6.07) is 6.96. The smallest absolute Gasteiger partial charge is 0.272 e. The maximum Gasteiger partial charge on any atom is 0.272 e. The van der Waals surface area contributed by atoms with Crippen LogP contribution >= 0.6 is 0 Å². The molecule has 8 heteroatoms. The lowest BCUT2D eigenvalue weighted by Gasteiger charge is -2.16. The van der Waals surface area contributed by atoms with Gasteiger partial charge in [-0.2, -0.15) is 9.78 Å². The maximum atomic E-state index is 13.1. The summed E-state index contributed by atoms with van der Waals surface area (Å²) in [5, 5.41) is 5.65. The molecule has 1 aromatic carbocycles. The molecule has 1 atom stereocenters. The van der Waals surface area contributed by atoms with Gasteiger partial charge in [0.2, 0.25) is 0 Å². The topological polar surface area (TPSA) is 109 Å². The van der Waals surface area contributed by atoms with Crippen LogP contribution in [0.1, 0.15) is 29.9 Å². The molecule has 0 unspecified atom stereocenters. The molecule has 0 radical (unpaired) electrons. The second-order valence-electron chi connectivity index (χ2n) is 7.48. The van der Waals surface area contributed by atoms with Crippen molar-refractivity contribution in [2.75, 3.05) is 0 Å². The van der Waals surface area contributed by atoms with Crippen molar-refractivity contribution in [2.45, 2.75) is 26.8 Å². The fourth-order valence-corrected chi connectivity index (χ4v) is 3.58. The first-order valence-electron chi connectivity index (χ1n) is 9.55. The molecule has 0 saturated heterocycles. The predicted molar refractivity (Wildman–Crippen MR) is 116 cm³/mol. The molecule has 3 heterocycles. The fourth-order valence-electron chi connectivity index (χ4n) is 3.58. The van der Waals surface area contributed by atoms with Crippen molar-refractivity contribution in [3.05, 3.63) is 80.5 Å². The highest BCUT2D eigenvalue weighted by Crippen LogP contribution is 2.27. The molecule has 0 spiro atoms. The maximum absolute atomic E-state index is 13.1. The van der Waals surface area contributed by atoms with E-state index in [0.717, 1.165) is 16.5 Å². The minimum absolute atomic E-state index is 0.149. The van der Waals surface area contributed by atoms with Crippen LogP contribution in [0.25, 0.3) is 27.7 Å². The molecule has 0 saturated carbocycles. The van der Waals surface area contributed by atoms with Gasteiger partial charge < -0.3 is 10.3 Å². The molecule has 0 amide bonds. The predicted octanol–water partition coefficient (Wildman–Crippen LogP) is 2.18. The molecule has 30 heavy (non-hydrogen) atoms. The zero-order valence-corrected chi connectivity index (χ0v) is 17.2. The second kappa shape index (κ2) is 7.31. The Labute approximate surface area is 172 Å². The van der Waals surface area contributed by atoms with Gasteiger partial charge in [-0.15, -0.1) is 0 Å². The highest BCUT2D eigenvalue weighted by Gasteiger charge is 2.15. The monoisotopic (exact) mass is 402 g/mol. The Morgan fingerprint density at radius 2 is 1.67 bits per heavy atom. The van der Waals surface area contributed by atoms with Crippen molar-refractivity contribution in [3.8, 4) is 16.9 Å². The zero-order chi connectivity index (χ0) is 21.6. The van der Waals surface area contributed by atoms with Gasteiger partial charge in [-0.3, -0.25) is 9.59 Å². The summed E-state index contributed by atoms with van der Waals surface area (Å²) in [5.41, 5.74) is 9.14. The van der Waals surface area contributed by atoms with E-state index in [9.17, 15) is 9.59 Å². The largest absolute Gasteiger partial charge is 0.324 e. The molecule has 152 valence electrons. The third-order valence-corrected chi connectivity index (χ3v) is 5.13.